The van der Waals surface area contributed by atoms with Crippen LogP contribution in [0.4, 0.5) is 5.69 Å². The molecule has 0 radical (unpaired) electrons. The SMILES string of the molecule is CC(=O)Nc1ccc(S(=O)(=O)C/C=C/c2ccccc2)cc1. The Hall–Kier alpha value is -2.40. The normalized spacial score (nSPS) is 11.5. The molecule has 0 aliphatic rings. The van der Waals surface area contributed by atoms with Crippen molar-refractivity contribution < 1.29 is 13.2 Å². The number of nitrogens with one attached hydrogen (secondary N) is 1. The van der Waals surface area contributed by atoms with Gasteiger partial charge >= 0.3 is 0 Å². The van der Waals surface area contributed by atoms with E-state index in [4.69, 9.17) is 0 Å². The second-order valence-electron chi connectivity index (χ2n) is 4.80. The molecule has 0 aliphatic heterocycles. The minimum absolute atomic E-state index is 0.0681. The van der Waals surface area contributed by atoms with Gasteiger partial charge in [0.2, 0.25) is 5.91 Å². The molecule has 0 saturated heterocycles. The first kappa shape index (κ1) is 16.0. The fourth-order valence-electron chi connectivity index (χ4n) is 1.92. The van der Waals surface area contributed by atoms with Crippen molar-refractivity contribution in [2.75, 3.05) is 11.1 Å². The standard InChI is InChI=1S/C17H17NO3S/c1-14(19)18-16-9-11-17(12-10-16)22(20,21)13-5-8-15-6-3-2-4-7-15/h2-12H,13H2,1H3,(H,18,19)/b8-5+. The lowest BCUT2D eigenvalue weighted by molar-refractivity contribution is -0.114. The van der Waals surface area contributed by atoms with Crippen LogP contribution >= 0.6 is 0 Å². The molecule has 0 heterocycles. The molecule has 22 heavy (non-hydrogen) atoms. The molecular weight excluding hydrogens is 298 g/mol. The fourth-order valence-corrected chi connectivity index (χ4v) is 3.01. The van der Waals surface area contributed by atoms with E-state index >= 15 is 0 Å². The summed E-state index contributed by atoms with van der Waals surface area (Å²) in [5.74, 6) is -0.261. The van der Waals surface area contributed by atoms with Crippen LogP contribution in [0.3, 0.4) is 0 Å². The Morgan fingerprint density at radius 3 is 2.27 bits per heavy atom. The maximum Gasteiger partial charge on any atom is 0.221 e. The first-order chi connectivity index (χ1) is 10.5. The zero-order chi connectivity index (χ0) is 16.0. The zero-order valence-corrected chi connectivity index (χ0v) is 13.0. The van der Waals surface area contributed by atoms with Gasteiger partial charge in [0.25, 0.3) is 0 Å². The third-order valence-electron chi connectivity index (χ3n) is 2.96. The third kappa shape index (κ3) is 4.56. The number of sulfone groups is 1. The Labute approximate surface area is 130 Å². The van der Waals surface area contributed by atoms with Gasteiger partial charge in [-0.15, -0.1) is 0 Å². The lowest BCUT2D eigenvalue weighted by Gasteiger charge is -2.04. The van der Waals surface area contributed by atoms with Gasteiger partial charge < -0.3 is 5.32 Å². The minimum atomic E-state index is -3.38. The quantitative estimate of drug-likeness (QED) is 0.922. The third-order valence-corrected chi connectivity index (χ3v) is 4.58. The van der Waals surface area contributed by atoms with Crippen LogP contribution in [-0.2, 0) is 14.6 Å². The zero-order valence-electron chi connectivity index (χ0n) is 12.2. The minimum Gasteiger partial charge on any atom is -0.326 e. The molecule has 1 amide bonds. The summed E-state index contributed by atoms with van der Waals surface area (Å²) in [7, 11) is -3.38. The Kier molecular flexibility index (Phi) is 5.12. The van der Waals surface area contributed by atoms with Gasteiger partial charge in [0.05, 0.1) is 10.6 Å². The van der Waals surface area contributed by atoms with E-state index in [1.807, 2.05) is 30.3 Å². The molecule has 4 nitrogen and oxygen atoms in total. The molecule has 0 unspecified atom stereocenters. The van der Waals surface area contributed by atoms with Crippen molar-refractivity contribution in [3.63, 3.8) is 0 Å². The van der Waals surface area contributed by atoms with Gasteiger partial charge in [0, 0.05) is 12.6 Å². The number of hydrogen-bond donors (Lipinski definition) is 1. The highest BCUT2D eigenvalue weighted by Crippen LogP contribution is 2.16. The first-order valence-corrected chi connectivity index (χ1v) is 8.44. The van der Waals surface area contributed by atoms with Crippen LogP contribution in [0.1, 0.15) is 12.5 Å². The molecule has 0 bridgehead atoms. The van der Waals surface area contributed by atoms with E-state index in [-0.39, 0.29) is 16.6 Å². The summed E-state index contributed by atoms with van der Waals surface area (Å²) in [5.41, 5.74) is 1.53. The van der Waals surface area contributed by atoms with Crippen molar-refractivity contribution in [2.45, 2.75) is 11.8 Å². The Balaban J connectivity index is 2.07. The van der Waals surface area contributed by atoms with Crippen LogP contribution < -0.4 is 5.32 Å². The number of carbonyl (C=O) groups is 1. The molecule has 0 saturated carbocycles. The molecule has 2 aromatic rings. The second kappa shape index (κ2) is 7.04. The molecule has 0 aromatic heterocycles. The number of carbonyl (C=O) groups excluding carboxylic acids is 1. The van der Waals surface area contributed by atoms with E-state index in [1.165, 1.54) is 19.1 Å². The van der Waals surface area contributed by atoms with Crippen molar-refractivity contribution in [1.29, 1.82) is 0 Å². The van der Waals surface area contributed by atoms with E-state index < -0.39 is 9.84 Å². The fraction of sp³-hybridized carbons (Fsp3) is 0.118. The van der Waals surface area contributed by atoms with Gasteiger partial charge in [0.15, 0.2) is 9.84 Å². The topological polar surface area (TPSA) is 63.2 Å². The summed E-state index contributed by atoms with van der Waals surface area (Å²) < 4.78 is 24.4. The molecular formula is C17H17NO3S. The van der Waals surface area contributed by atoms with Gasteiger partial charge in [-0.1, -0.05) is 42.5 Å². The summed E-state index contributed by atoms with van der Waals surface area (Å²) in [6, 6.07) is 15.7. The number of amides is 1. The number of anilines is 1. The maximum absolute atomic E-state index is 12.2. The van der Waals surface area contributed by atoms with Crippen molar-refractivity contribution in [3.05, 3.63) is 66.2 Å². The van der Waals surface area contributed by atoms with Crippen LogP contribution in [0.25, 0.3) is 6.08 Å². The predicted octanol–water partition coefficient (Wildman–Crippen LogP) is 3.13. The first-order valence-electron chi connectivity index (χ1n) is 6.79. The van der Waals surface area contributed by atoms with E-state index in [2.05, 4.69) is 5.32 Å². The summed E-state index contributed by atoms with van der Waals surface area (Å²) in [6.45, 7) is 1.40. The molecule has 5 heteroatoms. The Bertz CT molecular complexity index is 763. The van der Waals surface area contributed by atoms with Crippen LogP contribution in [0.2, 0.25) is 0 Å². The van der Waals surface area contributed by atoms with Gasteiger partial charge in [-0.25, -0.2) is 8.42 Å². The monoisotopic (exact) mass is 315 g/mol. The van der Waals surface area contributed by atoms with Crippen molar-refractivity contribution in [1.82, 2.24) is 0 Å². The van der Waals surface area contributed by atoms with Gasteiger partial charge in [-0.05, 0) is 29.8 Å². The van der Waals surface area contributed by atoms with E-state index in [0.717, 1.165) is 5.56 Å². The van der Waals surface area contributed by atoms with Crippen molar-refractivity contribution in [2.24, 2.45) is 0 Å². The highest BCUT2D eigenvalue weighted by molar-refractivity contribution is 7.91. The lowest BCUT2D eigenvalue weighted by atomic mass is 10.2. The molecule has 0 fully saturated rings. The maximum atomic E-state index is 12.2. The number of rotatable bonds is 5. The summed E-state index contributed by atoms with van der Waals surface area (Å²) >= 11 is 0. The van der Waals surface area contributed by atoms with Gasteiger partial charge in [-0.3, -0.25) is 4.79 Å². The number of benzene rings is 2. The summed E-state index contributed by atoms with van der Waals surface area (Å²) in [5, 5.41) is 2.60. The molecule has 2 rings (SSSR count). The van der Waals surface area contributed by atoms with Gasteiger partial charge in [-0.2, -0.15) is 0 Å². The van der Waals surface area contributed by atoms with Crippen LogP contribution in [0.15, 0.2) is 65.6 Å². The average molecular weight is 315 g/mol. The number of hydrogen-bond acceptors (Lipinski definition) is 3. The lowest BCUT2D eigenvalue weighted by Crippen LogP contribution is -2.07. The molecule has 2 aromatic carbocycles. The highest BCUT2D eigenvalue weighted by Gasteiger charge is 2.12. The molecule has 0 aliphatic carbocycles. The average Bonchev–Trinajstić information content (AvgIpc) is 2.48. The van der Waals surface area contributed by atoms with E-state index in [9.17, 15) is 13.2 Å². The molecule has 114 valence electrons. The van der Waals surface area contributed by atoms with Crippen molar-refractivity contribution in [3.8, 4) is 0 Å². The molecule has 0 atom stereocenters. The van der Waals surface area contributed by atoms with Crippen LogP contribution in [0, 0.1) is 0 Å². The summed E-state index contributed by atoms with van der Waals surface area (Å²) in [4.78, 5) is 11.2. The van der Waals surface area contributed by atoms with E-state index in [1.54, 1.807) is 24.3 Å². The molecule has 1 N–H and O–H groups in total. The van der Waals surface area contributed by atoms with Crippen LogP contribution in [0.5, 0.6) is 0 Å². The molecule has 0 spiro atoms. The highest BCUT2D eigenvalue weighted by atomic mass is 32.2. The Morgan fingerprint density at radius 2 is 1.68 bits per heavy atom. The largest absolute Gasteiger partial charge is 0.326 e. The second-order valence-corrected chi connectivity index (χ2v) is 6.83. The summed E-state index contributed by atoms with van der Waals surface area (Å²) in [6.07, 6.45) is 3.41. The Morgan fingerprint density at radius 1 is 1.05 bits per heavy atom. The predicted molar refractivity (Wildman–Crippen MR) is 88.3 cm³/mol. The smallest absolute Gasteiger partial charge is 0.221 e. The van der Waals surface area contributed by atoms with Crippen LogP contribution in [-0.4, -0.2) is 20.1 Å². The van der Waals surface area contributed by atoms with Gasteiger partial charge in [0.1, 0.15) is 0 Å². The van der Waals surface area contributed by atoms with E-state index in [0.29, 0.717) is 5.69 Å². The van der Waals surface area contributed by atoms with Crippen molar-refractivity contribution >= 4 is 27.5 Å².